The van der Waals surface area contributed by atoms with E-state index in [4.69, 9.17) is 0 Å². The molecule has 0 aliphatic heterocycles. The van der Waals surface area contributed by atoms with Gasteiger partial charge in [-0.2, -0.15) is 17.5 Å². The number of fused-ring (bicyclic) bond motifs is 1. The quantitative estimate of drug-likeness (QED) is 0.596. The Labute approximate surface area is 151 Å². The lowest BCUT2D eigenvalue weighted by Gasteiger charge is -2.14. The maximum atomic E-state index is 12.9. The zero-order valence-corrected chi connectivity index (χ0v) is 15.2. The summed E-state index contributed by atoms with van der Waals surface area (Å²) in [7, 11) is 0.988. The molecule has 0 atom stereocenters. The largest absolute Gasteiger partial charge is 0.431 e. The van der Waals surface area contributed by atoms with Crippen LogP contribution in [0.3, 0.4) is 0 Å². The van der Waals surface area contributed by atoms with Crippen LogP contribution < -0.4 is 11.2 Å². The van der Waals surface area contributed by atoms with Gasteiger partial charge in [0.1, 0.15) is 5.69 Å². The molecule has 132 valence electrons. The van der Waals surface area contributed by atoms with E-state index in [1.54, 1.807) is 12.1 Å². The number of rotatable bonds is 3. The third-order valence-corrected chi connectivity index (χ3v) is 4.99. The van der Waals surface area contributed by atoms with Crippen molar-refractivity contribution in [3.8, 4) is 5.69 Å². The van der Waals surface area contributed by atoms with Crippen LogP contribution in [0.5, 0.6) is 0 Å². The lowest BCUT2D eigenvalue weighted by molar-refractivity contribution is -0.144. The van der Waals surface area contributed by atoms with E-state index in [-0.39, 0.29) is 5.69 Å². The summed E-state index contributed by atoms with van der Waals surface area (Å²) in [5.74, 6) is 0. The number of alkyl halides is 4. The highest BCUT2D eigenvalue weighted by molar-refractivity contribution is 9.09. The lowest BCUT2D eigenvalue weighted by Crippen LogP contribution is -2.40. The lowest BCUT2D eigenvalue weighted by atomic mass is 10.1. The zero-order chi connectivity index (χ0) is 18.4. The molecular weight excluding hydrogens is 423 g/mol. The molecule has 3 rings (SSSR count). The summed E-state index contributed by atoms with van der Waals surface area (Å²) in [6.45, 7) is 0. The number of benzene rings is 1. The van der Waals surface area contributed by atoms with Crippen molar-refractivity contribution >= 4 is 37.5 Å². The SMILES string of the molecule is Cn1c(C(F)(F)F)cc(=O)n(-c2ccc3snc(CCBr)c3c2)c1=O. The number of halogens is 4. The molecule has 2 heterocycles. The highest BCUT2D eigenvalue weighted by Crippen LogP contribution is 2.28. The highest BCUT2D eigenvalue weighted by Gasteiger charge is 2.35. The summed E-state index contributed by atoms with van der Waals surface area (Å²) in [5, 5.41) is 1.47. The van der Waals surface area contributed by atoms with Crippen LogP contribution in [0.25, 0.3) is 15.8 Å². The molecule has 2 aromatic heterocycles. The van der Waals surface area contributed by atoms with Gasteiger partial charge in [-0.25, -0.2) is 9.36 Å². The van der Waals surface area contributed by atoms with E-state index in [0.717, 1.165) is 27.4 Å². The summed E-state index contributed by atoms with van der Waals surface area (Å²) >= 11 is 4.61. The van der Waals surface area contributed by atoms with Gasteiger partial charge in [0.15, 0.2) is 0 Å². The molecule has 0 N–H and O–H groups in total. The van der Waals surface area contributed by atoms with Gasteiger partial charge in [0.25, 0.3) is 5.56 Å². The smallest absolute Gasteiger partial charge is 0.292 e. The van der Waals surface area contributed by atoms with Gasteiger partial charge in [-0.05, 0) is 29.7 Å². The van der Waals surface area contributed by atoms with Gasteiger partial charge < -0.3 is 0 Å². The van der Waals surface area contributed by atoms with Gasteiger partial charge in [0.05, 0.1) is 16.1 Å². The first-order chi connectivity index (χ1) is 11.7. The van der Waals surface area contributed by atoms with Crippen molar-refractivity contribution in [2.75, 3.05) is 5.33 Å². The second-order valence-electron chi connectivity index (χ2n) is 5.29. The maximum absolute atomic E-state index is 12.9. The van der Waals surface area contributed by atoms with E-state index < -0.39 is 23.1 Å². The third kappa shape index (κ3) is 3.15. The van der Waals surface area contributed by atoms with Gasteiger partial charge in [-0.15, -0.1) is 0 Å². The van der Waals surface area contributed by atoms with E-state index in [0.29, 0.717) is 22.4 Å². The van der Waals surface area contributed by atoms with Crippen molar-refractivity contribution < 1.29 is 13.2 Å². The molecule has 0 radical (unpaired) electrons. The van der Waals surface area contributed by atoms with Crippen LogP contribution in [0.2, 0.25) is 0 Å². The van der Waals surface area contributed by atoms with Crippen LogP contribution in [0.15, 0.2) is 33.9 Å². The zero-order valence-electron chi connectivity index (χ0n) is 12.8. The van der Waals surface area contributed by atoms with Gasteiger partial charge in [-0.3, -0.25) is 9.36 Å². The maximum Gasteiger partial charge on any atom is 0.431 e. The van der Waals surface area contributed by atoms with Gasteiger partial charge >= 0.3 is 11.9 Å². The minimum atomic E-state index is -4.78. The number of hydrogen-bond acceptors (Lipinski definition) is 4. The Hall–Kier alpha value is -1.94. The molecule has 0 saturated heterocycles. The molecule has 10 heteroatoms. The molecule has 0 aliphatic carbocycles. The fourth-order valence-corrected chi connectivity index (χ4v) is 3.70. The predicted molar refractivity (Wildman–Crippen MR) is 93.0 cm³/mol. The molecule has 0 saturated carbocycles. The number of aryl methyl sites for hydroxylation is 1. The topological polar surface area (TPSA) is 56.9 Å². The molecule has 0 spiro atoms. The van der Waals surface area contributed by atoms with Gasteiger partial charge in [-0.1, -0.05) is 15.9 Å². The fourth-order valence-electron chi connectivity index (χ4n) is 2.52. The van der Waals surface area contributed by atoms with E-state index in [2.05, 4.69) is 20.3 Å². The van der Waals surface area contributed by atoms with Crippen LogP contribution in [-0.2, 0) is 19.6 Å². The summed E-state index contributed by atoms with van der Waals surface area (Å²) in [5.41, 5.74) is -2.35. The number of aromatic nitrogens is 3. The van der Waals surface area contributed by atoms with Gasteiger partial charge in [0.2, 0.25) is 0 Å². The fraction of sp³-hybridized carbons (Fsp3) is 0.267. The van der Waals surface area contributed by atoms with Crippen LogP contribution in [0.1, 0.15) is 11.4 Å². The van der Waals surface area contributed by atoms with Crippen molar-refractivity contribution in [2.24, 2.45) is 7.05 Å². The summed E-state index contributed by atoms with van der Waals surface area (Å²) < 4.78 is 45.1. The molecule has 0 unspecified atom stereocenters. The molecule has 0 amide bonds. The van der Waals surface area contributed by atoms with Crippen LogP contribution in [-0.4, -0.2) is 18.8 Å². The minimum absolute atomic E-state index is 0.211. The van der Waals surface area contributed by atoms with Crippen molar-refractivity contribution in [3.05, 3.63) is 56.5 Å². The predicted octanol–water partition coefficient (Wildman–Crippen LogP) is 3.10. The van der Waals surface area contributed by atoms with Gasteiger partial charge in [0, 0.05) is 30.3 Å². The van der Waals surface area contributed by atoms with E-state index in [1.165, 1.54) is 17.6 Å². The first-order valence-electron chi connectivity index (χ1n) is 7.09. The molecule has 0 aliphatic rings. The first-order valence-corrected chi connectivity index (χ1v) is 8.98. The number of nitrogens with zero attached hydrogens (tertiary/aromatic N) is 3. The Morgan fingerprint density at radius 1 is 1.24 bits per heavy atom. The molecule has 1 aromatic carbocycles. The molecular formula is C15H11BrF3N3O2S. The van der Waals surface area contributed by atoms with Crippen LogP contribution in [0, 0.1) is 0 Å². The van der Waals surface area contributed by atoms with Crippen molar-refractivity contribution in [2.45, 2.75) is 12.6 Å². The summed E-state index contributed by atoms with van der Waals surface area (Å²) in [6, 6.07) is 5.25. The normalized spacial score (nSPS) is 12.0. The van der Waals surface area contributed by atoms with Crippen molar-refractivity contribution in [1.29, 1.82) is 0 Å². The molecule has 0 fully saturated rings. The second-order valence-corrected chi connectivity index (χ2v) is 6.89. The Morgan fingerprint density at radius 2 is 1.96 bits per heavy atom. The summed E-state index contributed by atoms with van der Waals surface area (Å²) in [6.07, 6.45) is -4.13. The molecule has 25 heavy (non-hydrogen) atoms. The molecule has 0 bridgehead atoms. The Bertz CT molecular complexity index is 1070. The Balaban J connectivity index is 2.25. The molecule has 3 aromatic rings. The van der Waals surface area contributed by atoms with Crippen LogP contribution in [0.4, 0.5) is 13.2 Å². The number of hydrogen-bond donors (Lipinski definition) is 0. The average Bonchev–Trinajstić information content (AvgIpc) is 2.93. The van der Waals surface area contributed by atoms with E-state index >= 15 is 0 Å². The first kappa shape index (κ1) is 17.9. The summed E-state index contributed by atoms with van der Waals surface area (Å²) in [4.78, 5) is 24.5. The van der Waals surface area contributed by atoms with E-state index in [1.807, 2.05) is 0 Å². The third-order valence-electron chi connectivity index (χ3n) is 3.73. The van der Waals surface area contributed by atoms with Crippen molar-refractivity contribution in [3.63, 3.8) is 0 Å². The molecule has 5 nitrogen and oxygen atoms in total. The van der Waals surface area contributed by atoms with Crippen LogP contribution >= 0.6 is 27.5 Å². The van der Waals surface area contributed by atoms with E-state index in [9.17, 15) is 22.8 Å². The Morgan fingerprint density at radius 3 is 2.60 bits per heavy atom. The minimum Gasteiger partial charge on any atom is -0.292 e. The van der Waals surface area contributed by atoms with Crippen molar-refractivity contribution in [1.82, 2.24) is 13.5 Å². The standard InChI is InChI=1S/C15H11BrF3N3O2S/c1-21-12(15(17,18)19)7-13(23)22(14(21)24)8-2-3-11-9(6-8)10(4-5-16)20-25-11/h2-3,6-7H,4-5H2,1H3. The Kier molecular flexibility index (Phi) is 4.58. The monoisotopic (exact) mass is 433 g/mol. The average molecular weight is 434 g/mol. The highest BCUT2D eigenvalue weighted by atomic mass is 79.9. The second kappa shape index (κ2) is 6.41.